The van der Waals surface area contributed by atoms with Gasteiger partial charge in [-0.15, -0.1) is 10.2 Å². The summed E-state index contributed by atoms with van der Waals surface area (Å²) in [6.07, 6.45) is 11.7. The molecule has 1 spiro atoms. The lowest BCUT2D eigenvalue weighted by Gasteiger charge is -2.55. The minimum atomic E-state index is 0.0871. The molecule has 218 valence electrons. The maximum atomic E-state index is 10.4. The van der Waals surface area contributed by atoms with Gasteiger partial charge in [-0.05, 0) is 99.7 Å². The fraction of sp³-hybridized carbons (Fsp3) is 0.515. The van der Waals surface area contributed by atoms with E-state index >= 15 is 0 Å². The van der Waals surface area contributed by atoms with E-state index in [0.29, 0.717) is 22.6 Å². The zero-order chi connectivity index (χ0) is 28.3. The van der Waals surface area contributed by atoms with E-state index in [4.69, 9.17) is 9.97 Å². The number of phenolic OH excluding ortho intramolecular Hbond substituents is 1. The minimum Gasteiger partial charge on any atom is -0.507 e. The van der Waals surface area contributed by atoms with Gasteiger partial charge in [-0.3, -0.25) is 0 Å². The largest absolute Gasteiger partial charge is 0.507 e. The number of fused-ring (bicyclic) bond motifs is 3. The molecule has 0 amide bonds. The molecule has 4 aliphatic rings. The highest BCUT2D eigenvalue weighted by Crippen LogP contribution is 2.49. The molecule has 1 aromatic carbocycles. The SMILES string of the molecule is C[C@@H]1c2c([nH]c3nnc(-c4ccccc4O)cc23)CCN1c1ncc(C2CCN(CCC3CC4(CNC4)C3)CC2)cn1. The Morgan fingerprint density at radius 2 is 1.81 bits per heavy atom. The molecule has 8 rings (SSSR count). The first-order chi connectivity index (χ1) is 20.6. The lowest BCUT2D eigenvalue weighted by atomic mass is 9.58. The van der Waals surface area contributed by atoms with E-state index in [1.807, 2.05) is 24.3 Å². The monoisotopic (exact) mass is 564 g/mol. The number of piperidine rings is 1. The van der Waals surface area contributed by atoms with Crippen molar-refractivity contribution in [2.75, 3.05) is 44.2 Å². The number of rotatable bonds is 6. The van der Waals surface area contributed by atoms with Gasteiger partial charge in [-0.2, -0.15) is 0 Å². The van der Waals surface area contributed by atoms with E-state index in [9.17, 15) is 5.11 Å². The standard InChI is InChI=1S/C33H40N8O/c1-21-30-26-14-28(25-4-2-3-5-29(25)42)38-39-31(26)37-27(30)9-13-41(21)32-35-17-24(18-36-32)23-7-11-40(12-8-23)10-6-22-15-33(16-22)19-34-20-33/h2-5,14,17-18,21-23,34,42H,6-13,15-16,19-20H2,1H3,(H,37,39)/t21-/m1/s1. The highest BCUT2D eigenvalue weighted by atomic mass is 16.3. The summed E-state index contributed by atoms with van der Waals surface area (Å²) < 4.78 is 0. The van der Waals surface area contributed by atoms with Gasteiger partial charge in [0.25, 0.3) is 0 Å². The number of nitrogens with one attached hydrogen (secondary N) is 2. The van der Waals surface area contributed by atoms with E-state index in [-0.39, 0.29) is 11.8 Å². The Hall–Kier alpha value is -3.56. The molecule has 3 aliphatic heterocycles. The van der Waals surface area contributed by atoms with Crippen molar-refractivity contribution >= 4 is 17.0 Å². The molecule has 4 aromatic rings. The lowest BCUT2D eigenvalue weighted by molar-refractivity contribution is -0.00808. The summed E-state index contributed by atoms with van der Waals surface area (Å²) >= 11 is 0. The second kappa shape index (κ2) is 10.3. The van der Waals surface area contributed by atoms with Crippen molar-refractivity contribution in [2.24, 2.45) is 11.3 Å². The van der Waals surface area contributed by atoms with Crippen molar-refractivity contribution < 1.29 is 5.11 Å². The summed E-state index contributed by atoms with van der Waals surface area (Å²) in [5.41, 5.74) is 6.51. The van der Waals surface area contributed by atoms with Gasteiger partial charge < -0.3 is 25.2 Å². The number of benzene rings is 1. The third kappa shape index (κ3) is 4.54. The van der Waals surface area contributed by atoms with Crippen molar-refractivity contribution in [2.45, 2.75) is 57.4 Å². The molecule has 0 unspecified atom stereocenters. The average Bonchev–Trinajstić information content (AvgIpc) is 3.35. The Kier molecular flexibility index (Phi) is 6.41. The minimum absolute atomic E-state index is 0.0871. The fourth-order valence-electron chi connectivity index (χ4n) is 8.10. The smallest absolute Gasteiger partial charge is 0.225 e. The Morgan fingerprint density at radius 3 is 2.55 bits per heavy atom. The van der Waals surface area contributed by atoms with Gasteiger partial charge in [0.05, 0.1) is 11.7 Å². The zero-order valence-corrected chi connectivity index (χ0v) is 24.4. The first-order valence-corrected chi connectivity index (χ1v) is 15.7. The Balaban J connectivity index is 0.923. The highest BCUT2D eigenvalue weighted by molar-refractivity contribution is 5.86. The first-order valence-electron chi connectivity index (χ1n) is 15.7. The molecular formula is C33H40N8O. The Morgan fingerprint density at radius 1 is 1.02 bits per heavy atom. The number of H-pyrrole nitrogens is 1. The number of hydrogen-bond donors (Lipinski definition) is 3. The van der Waals surface area contributed by atoms with Crippen molar-refractivity contribution in [1.82, 2.24) is 35.4 Å². The van der Waals surface area contributed by atoms with Gasteiger partial charge in [0, 0.05) is 60.7 Å². The molecule has 0 radical (unpaired) electrons. The van der Waals surface area contributed by atoms with Crippen LogP contribution in [0, 0.1) is 11.3 Å². The molecule has 9 heteroatoms. The van der Waals surface area contributed by atoms with Gasteiger partial charge in [0.1, 0.15) is 5.75 Å². The summed E-state index contributed by atoms with van der Waals surface area (Å²) in [5.74, 6) is 2.49. The predicted octanol–water partition coefficient (Wildman–Crippen LogP) is 4.81. The first kappa shape index (κ1) is 26.1. The van der Waals surface area contributed by atoms with E-state index in [1.165, 1.54) is 81.6 Å². The van der Waals surface area contributed by atoms with Crippen LogP contribution in [0.4, 0.5) is 5.95 Å². The van der Waals surface area contributed by atoms with Crippen LogP contribution in [0.2, 0.25) is 0 Å². The summed E-state index contributed by atoms with van der Waals surface area (Å²) in [5, 5.41) is 23.7. The molecule has 6 heterocycles. The van der Waals surface area contributed by atoms with Crippen LogP contribution in [0.3, 0.4) is 0 Å². The molecule has 2 saturated heterocycles. The van der Waals surface area contributed by atoms with Gasteiger partial charge in [0.2, 0.25) is 5.95 Å². The molecule has 42 heavy (non-hydrogen) atoms. The number of phenols is 1. The van der Waals surface area contributed by atoms with Gasteiger partial charge in [-0.25, -0.2) is 9.97 Å². The number of anilines is 1. The van der Waals surface area contributed by atoms with Crippen LogP contribution >= 0.6 is 0 Å². The maximum Gasteiger partial charge on any atom is 0.225 e. The summed E-state index contributed by atoms with van der Waals surface area (Å²) in [4.78, 5) is 18.2. The predicted molar refractivity (Wildman–Crippen MR) is 164 cm³/mol. The summed E-state index contributed by atoms with van der Waals surface area (Å²) in [6, 6.07) is 9.40. The van der Waals surface area contributed by atoms with Crippen LogP contribution in [0.25, 0.3) is 22.3 Å². The highest BCUT2D eigenvalue weighted by Gasteiger charge is 2.47. The Labute approximate surface area is 246 Å². The number of nitrogens with zero attached hydrogens (tertiary/aromatic N) is 6. The second-order valence-electron chi connectivity index (χ2n) is 13.2. The molecule has 3 aromatic heterocycles. The number of likely N-dealkylation sites (tertiary alicyclic amines) is 1. The molecular weight excluding hydrogens is 524 g/mol. The molecule has 3 fully saturated rings. The molecule has 1 saturated carbocycles. The van der Waals surface area contributed by atoms with Crippen LogP contribution < -0.4 is 10.2 Å². The van der Waals surface area contributed by atoms with Crippen molar-refractivity contribution in [3.05, 3.63) is 59.5 Å². The number of aromatic nitrogens is 5. The van der Waals surface area contributed by atoms with Crippen LogP contribution in [0.5, 0.6) is 5.75 Å². The maximum absolute atomic E-state index is 10.4. The van der Waals surface area contributed by atoms with Gasteiger partial charge in [-0.1, -0.05) is 12.1 Å². The summed E-state index contributed by atoms with van der Waals surface area (Å²) in [7, 11) is 0. The van der Waals surface area contributed by atoms with E-state index < -0.39 is 0 Å². The topological polar surface area (TPSA) is 106 Å². The molecule has 3 N–H and O–H groups in total. The number of hydrogen-bond acceptors (Lipinski definition) is 8. The van der Waals surface area contributed by atoms with Crippen molar-refractivity contribution in [3.8, 4) is 17.0 Å². The molecule has 0 bridgehead atoms. The van der Waals surface area contributed by atoms with Crippen LogP contribution in [-0.4, -0.2) is 74.4 Å². The van der Waals surface area contributed by atoms with Crippen molar-refractivity contribution in [3.63, 3.8) is 0 Å². The average molecular weight is 565 g/mol. The third-order valence-corrected chi connectivity index (χ3v) is 10.6. The zero-order valence-electron chi connectivity index (χ0n) is 24.4. The quantitative estimate of drug-likeness (QED) is 0.306. The van der Waals surface area contributed by atoms with Crippen LogP contribution in [-0.2, 0) is 6.42 Å². The van der Waals surface area contributed by atoms with Gasteiger partial charge in [0.15, 0.2) is 5.65 Å². The van der Waals surface area contributed by atoms with Crippen LogP contribution in [0.1, 0.15) is 67.8 Å². The third-order valence-electron chi connectivity index (χ3n) is 10.6. The van der Waals surface area contributed by atoms with Crippen molar-refractivity contribution in [1.29, 1.82) is 0 Å². The number of para-hydroxylation sites is 1. The normalized spacial score (nSPS) is 22.7. The van der Waals surface area contributed by atoms with Gasteiger partial charge >= 0.3 is 0 Å². The fourth-order valence-corrected chi connectivity index (χ4v) is 8.10. The number of aromatic hydroxyl groups is 1. The number of aromatic amines is 1. The molecule has 9 nitrogen and oxygen atoms in total. The second-order valence-corrected chi connectivity index (χ2v) is 13.2. The van der Waals surface area contributed by atoms with E-state index in [0.717, 1.165) is 35.9 Å². The Bertz CT molecular complexity index is 1580. The van der Waals surface area contributed by atoms with E-state index in [2.05, 4.69) is 49.6 Å². The van der Waals surface area contributed by atoms with E-state index in [1.54, 1.807) is 6.07 Å². The summed E-state index contributed by atoms with van der Waals surface area (Å²) in [6.45, 7) is 9.20. The molecule has 1 atom stereocenters. The molecule has 1 aliphatic carbocycles. The lowest BCUT2D eigenvalue weighted by Crippen LogP contribution is -2.60. The van der Waals surface area contributed by atoms with Crippen LogP contribution in [0.15, 0.2) is 42.7 Å².